The minimum absolute atomic E-state index is 0.0408. The highest BCUT2D eigenvalue weighted by molar-refractivity contribution is 7.92. The van der Waals surface area contributed by atoms with Gasteiger partial charge in [-0.05, 0) is 56.0 Å². The number of aryl methyl sites for hydroxylation is 1. The Bertz CT molecular complexity index is 1520. The molecule has 1 aliphatic heterocycles. The second kappa shape index (κ2) is 10.1. The van der Waals surface area contributed by atoms with Crippen LogP contribution < -0.4 is 9.62 Å². The van der Waals surface area contributed by atoms with Gasteiger partial charge in [0.05, 0.1) is 33.1 Å². The van der Waals surface area contributed by atoms with E-state index in [1.54, 1.807) is 13.8 Å². The number of hydrogen-bond donors (Lipinski definition) is 2. The van der Waals surface area contributed by atoms with Gasteiger partial charge < -0.3 is 10.0 Å². The van der Waals surface area contributed by atoms with E-state index >= 15 is 0 Å². The van der Waals surface area contributed by atoms with Gasteiger partial charge in [0.1, 0.15) is 16.8 Å². The van der Waals surface area contributed by atoms with E-state index in [-0.39, 0.29) is 16.9 Å². The first kappa shape index (κ1) is 27.7. The first-order chi connectivity index (χ1) is 17.8. The molecule has 7 nitrogen and oxygen atoms in total. The maximum absolute atomic E-state index is 13.1. The van der Waals surface area contributed by atoms with Crippen LogP contribution in [0.4, 0.5) is 24.7 Å². The monoisotopic (exact) mass is 564 g/mol. The fourth-order valence-corrected chi connectivity index (χ4v) is 6.29. The van der Waals surface area contributed by atoms with Gasteiger partial charge in [0.15, 0.2) is 0 Å². The number of nitrogens with zero attached hydrogens (tertiary/aromatic N) is 3. The summed E-state index contributed by atoms with van der Waals surface area (Å²) in [6, 6.07) is 13.4. The van der Waals surface area contributed by atoms with Crippen molar-refractivity contribution in [1.82, 2.24) is 4.98 Å². The zero-order valence-electron chi connectivity index (χ0n) is 20.5. The number of hydrogen-bond acceptors (Lipinski definition) is 6. The zero-order chi connectivity index (χ0) is 27.9. The molecule has 1 saturated heterocycles. The Balaban J connectivity index is 1.62. The number of rotatable bonds is 5. The second-order valence-electron chi connectivity index (χ2n) is 9.14. The summed E-state index contributed by atoms with van der Waals surface area (Å²) in [6.07, 6.45) is -3.87. The van der Waals surface area contributed by atoms with Crippen molar-refractivity contribution in [2.24, 2.45) is 0 Å². The molecular formula is C26H24ClF3N4O3S. The number of aromatic nitrogens is 1. The fourth-order valence-electron chi connectivity index (χ4n) is 4.56. The summed E-state index contributed by atoms with van der Waals surface area (Å²) in [5.41, 5.74) is -0.501. The van der Waals surface area contributed by atoms with Crippen LogP contribution in [0.15, 0.2) is 53.4 Å². The van der Waals surface area contributed by atoms with Crippen molar-refractivity contribution >= 4 is 33.1 Å². The molecule has 0 amide bonds. The summed E-state index contributed by atoms with van der Waals surface area (Å²) in [4.78, 5) is 5.85. The minimum atomic E-state index is -4.68. The molecule has 2 heterocycles. The van der Waals surface area contributed by atoms with Crippen molar-refractivity contribution in [3.8, 4) is 6.07 Å². The lowest BCUT2D eigenvalue weighted by molar-refractivity contribution is -0.137. The molecule has 1 aromatic heterocycles. The van der Waals surface area contributed by atoms with Crippen molar-refractivity contribution in [2.45, 2.75) is 43.4 Å². The van der Waals surface area contributed by atoms with E-state index < -0.39 is 37.3 Å². The van der Waals surface area contributed by atoms with E-state index in [4.69, 9.17) is 11.6 Å². The smallest absolute Gasteiger partial charge is 0.385 e. The van der Waals surface area contributed by atoms with Crippen LogP contribution in [-0.4, -0.2) is 31.6 Å². The summed E-state index contributed by atoms with van der Waals surface area (Å²) in [5, 5.41) is 20.5. The minimum Gasteiger partial charge on any atom is -0.385 e. The summed E-state index contributed by atoms with van der Waals surface area (Å²) in [6.45, 7) is 3.96. The largest absolute Gasteiger partial charge is 0.416 e. The lowest BCUT2D eigenvalue weighted by atomic mass is 9.84. The van der Waals surface area contributed by atoms with Crippen molar-refractivity contribution in [1.29, 1.82) is 5.26 Å². The average molecular weight is 565 g/mol. The SMILES string of the molecule is Cc1nc(N2CCC(O)(c3ccccc3)CC2)c(C#N)c(C)c1NS(=O)(=O)c1ccc(C(F)(F)F)cc1Cl. The molecule has 0 spiro atoms. The Morgan fingerprint density at radius 3 is 2.32 bits per heavy atom. The molecule has 38 heavy (non-hydrogen) atoms. The van der Waals surface area contributed by atoms with Gasteiger partial charge in [-0.25, -0.2) is 13.4 Å². The van der Waals surface area contributed by atoms with E-state index in [2.05, 4.69) is 15.8 Å². The molecule has 0 unspecified atom stereocenters. The maximum Gasteiger partial charge on any atom is 0.416 e. The van der Waals surface area contributed by atoms with E-state index in [1.165, 1.54) is 0 Å². The van der Waals surface area contributed by atoms with Crippen molar-refractivity contribution in [2.75, 3.05) is 22.7 Å². The van der Waals surface area contributed by atoms with Gasteiger partial charge in [-0.1, -0.05) is 41.9 Å². The molecule has 0 aliphatic carbocycles. The molecule has 1 fully saturated rings. The van der Waals surface area contributed by atoms with E-state index in [0.717, 1.165) is 11.6 Å². The molecular weight excluding hydrogens is 541 g/mol. The third-order valence-electron chi connectivity index (χ3n) is 6.71. The Morgan fingerprint density at radius 2 is 1.76 bits per heavy atom. The molecule has 1 aliphatic rings. The summed E-state index contributed by atoms with van der Waals surface area (Å²) in [7, 11) is -4.41. The number of benzene rings is 2. The Kier molecular flexibility index (Phi) is 7.36. The van der Waals surface area contributed by atoms with Crippen molar-refractivity contribution in [3.63, 3.8) is 0 Å². The number of pyridine rings is 1. The Morgan fingerprint density at radius 1 is 1.13 bits per heavy atom. The van der Waals surface area contributed by atoms with Crippen LogP contribution >= 0.6 is 11.6 Å². The molecule has 0 bridgehead atoms. The van der Waals surface area contributed by atoms with Gasteiger partial charge in [0.2, 0.25) is 0 Å². The standard InChI is InChI=1S/C26H24ClF3N4O3S/c1-16-20(15-31)24(34-12-10-25(35,11-13-34)18-6-4-3-5-7-18)32-17(2)23(16)33-38(36,37)22-9-8-19(14-21(22)27)26(28,29)30/h3-9,14,33,35H,10-13H2,1-2H3. The van der Waals surface area contributed by atoms with Gasteiger partial charge >= 0.3 is 6.18 Å². The lowest BCUT2D eigenvalue weighted by Gasteiger charge is -2.39. The molecule has 200 valence electrons. The Hall–Kier alpha value is -3.33. The van der Waals surface area contributed by atoms with Gasteiger partial charge in [-0.2, -0.15) is 18.4 Å². The predicted octanol–water partition coefficient (Wildman–Crippen LogP) is 5.53. The van der Waals surface area contributed by atoms with Gasteiger partial charge in [0, 0.05) is 13.1 Å². The van der Waals surface area contributed by atoms with Crippen LogP contribution in [0.1, 0.15) is 40.8 Å². The van der Waals surface area contributed by atoms with Gasteiger partial charge in [0.25, 0.3) is 10.0 Å². The summed E-state index contributed by atoms with van der Waals surface area (Å²) < 4.78 is 67.4. The first-order valence-corrected chi connectivity index (χ1v) is 13.5. The summed E-state index contributed by atoms with van der Waals surface area (Å²) >= 11 is 5.90. The highest BCUT2D eigenvalue weighted by Crippen LogP contribution is 2.38. The van der Waals surface area contributed by atoms with Crippen LogP contribution in [0.5, 0.6) is 0 Å². The van der Waals surface area contributed by atoms with Gasteiger partial charge in [-0.15, -0.1) is 0 Å². The molecule has 0 radical (unpaired) electrons. The van der Waals surface area contributed by atoms with E-state index in [1.807, 2.05) is 35.2 Å². The van der Waals surface area contributed by atoms with Crippen LogP contribution in [0, 0.1) is 25.2 Å². The number of halogens is 4. The number of nitriles is 1. The highest BCUT2D eigenvalue weighted by Gasteiger charge is 2.36. The zero-order valence-corrected chi connectivity index (χ0v) is 22.0. The van der Waals surface area contributed by atoms with Crippen LogP contribution in [0.3, 0.4) is 0 Å². The molecule has 12 heteroatoms. The number of nitrogens with one attached hydrogen (secondary N) is 1. The fraction of sp³-hybridized carbons (Fsp3) is 0.308. The third-order valence-corrected chi connectivity index (χ3v) is 8.54. The van der Waals surface area contributed by atoms with E-state index in [0.29, 0.717) is 49.4 Å². The highest BCUT2D eigenvalue weighted by atomic mass is 35.5. The number of aliphatic hydroxyl groups is 1. The normalized spacial score (nSPS) is 15.7. The maximum atomic E-state index is 13.1. The molecule has 4 rings (SSSR count). The number of alkyl halides is 3. The number of piperidine rings is 1. The Labute approximate surface area is 223 Å². The average Bonchev–Trinajstić information content (AvgIpc) is 2.86. The van der Waals surface area contributed by atoms with Crippen LogP contribution in [0.25, 0.3) is 0 Å². The second-order valence-corrected chi connectivity index (χ2v) is 11.2. The molecule has 0 atom stereocenters. The van der Waals surface area contributed by atoms with Gasteiger partial charge in [-0.3, -0.25) is 4.72 Å². The molecule has 3 aromatic rings. The number of anilines is 2. The molecule has 0 saturated carbocycles. The third kappa shape index (κ3) is 5.29. The van der Waals surface area contributed by atoms with Crippen LogP contribution in [0.2, 0.25) is 5.02 Å². The first-order valence-electron chi connectivity index (χ1n) is 11.6. The quantitative estimate of drug-likeness (QED) is 0.422. The summed E-state index contributed by atoms with van der Waals surface area (Å²) in [5.74, 6) is 0.369. The topological polar surface area (TPSA) is 106 Å². The van der Waals surface area contributed by atoms with Crippen molar-refractivity contribution < 1.29 is 26.7 Å². The lowest BCUT2D eigenvalue weighted by Crippen LogP contribution is -2.43. The number of sulfonamides is 1. The molecule has 2 aromatic carbocycles. The van der Waals surface area contributed by atoms with Crippen LogP contribution in [-0.2, 0) is 21.8 Å². The van der Waals surface area contributed by atoms with E-state index in [9.17, 15) is 32.0 Å². The van der Waals surface area contributed by atoms with Crippen molar-refractivity contribution in [3.05, 3.63) is 81.5 Å². The predicted molar refractivity (Wildman–Crippen MR) is 137 cm³/mol. The molecule has 2 N–H and O–H groups in total.